The smallest absolute Gasteiger partial charge is 0.222 e. The van der Waals surface area contributed by atoms with Crippen LogP contribution >= 0.6 is 0 Å². The van der Waals surface area contributed by atoms with Crippen molar-refractivity contribution in [2.75, 3.05) is 0 Å². The minimum absolute atomic E-state index is 0.616. The van der Waals surface area contributed by atoms with Gasteiger partial charge in [0.25, 0.3) is 0 Å². The molecule has 0 heterocycles. The molecule has 0 aliphatic heterocycles. The maximum absolute atomic E-state index is 9.82. The van der Waals surface area contributed by atoms with Gasteiger partial charge in [0.05, 0.1) is 5.69 Å². The molecule has 0 radical (unpaired) electrons. The van der Waals surface area contributed by atoms with Crippen molar-refractivity contribution in [3.8, 4) is 0 Å². The van der Waals surface area contributed by atoms with E-state index in [2.05, 4.69) is 11.6 Å². The minimum atomic E-state index is 0.616. The van der Waals surface area contributed by atoms with Crippen LogP contribution in [0.3, 0.4) is 0 Å². The molecular formula is C10H8N2O2. The van der Waals surface area contributed by atoms with Crippen LogP contribution in [0, 0.1) is 5.41 Å². The summed E-state index contributed by atoms with van der Waals surface area (Å²) in [6.45, 7) is 3.60. The zero-order valence-electron chi connectivity index (χ0n) is 7.36. The lowest BCUT2D eigenvalue weighted by molar-refractivity contribution is 0.562. The van der Waals surface area contributed by atoms with E-state index in [9.17, 15) is 4.79 Å². The fraction of sp³-hybridized carbons (Fsp3) is 0. The van der Waals surface area contributed by atoms with Crippen LogP contribution in [0.25, 0.3) is 6.08 Å². The first kappa shape index (κ1) is 11.7. The van der Waals surface area contributed by atoms with Crippen molar-refractivity contribution in [1.29, 1.82) is 5.41 Å². The number of hydrogen-bond donors (Lipinski definition) is 1. The molecule has 0 fully saturated rings. The molecule has 14 heavy (non-hydrogen) atoms. The van der Waals surface area contributed by atoms with E-state index < -0.39 is 0 Å². The fourth-order valence-corrected chi connectivity index (χ4v) is 0.738. The lowest BCUT2D eigenvalue weighted by atomic mass is 10.2. The van der Waals surface area contributed by atoms with Gasteiger partial charge in [-0.25, -0.2) is 15.0 Å². The van der Waals surface area contributed by atoms with Gasteiger partial charge in [0, 0.05) is 0 Å². The summed E-state index contributed by atoms with van der Waals surface area (Å²) in [6, 6.07) is 7.15. The summed E-state index contributed by atoms with van der Waals surface area (Å²) >= 11 is 0. The molecule has 4 heteroatoms. The molecule has 1 aromatic carbocycles. The first-order valence-corrected chi connectivity index (χ1v) is 3.62. The number of nitrogens with one attached hydrogen (secondary N) is 1. The van der Waals surface area contributed by atoms with E-state index in [1.54, 1.807) is 18.2 Å². The summed E-state index contributed by atoms with van der Waals surface area (Å²) in [7, 11) is 0. The van der Waals surface area contributed by atoms with Crippen molar-refractivity contribution in [3.63, 3.8) is 0 Å². The number of nitrogens with zero attached hydrogens (tertiary/aromatic N) is 1. The van der Waals surface area contributed by atoms with Crippen molar-refractivity contribution < 1.29 is 9.59 Å². The number of benzene rings is 1. The summed E-state index contributed by atoms with van der Waals surface area (Å²) in [5.41, 5.74) is 1.63. The van der Waals surface area contributed by atoms with E-state index in [4.69, 9.17) is 10.2 Å². The summed E-state index contributed by atoms with van der Waals surface area (Å²) in [4.78, 5) is 21.6. The van der Waals surface area contributed by atoms with E-state index in [0.717, 1.165) is 11.6 Å². The Hall–Kier alpha value is -2.28. The second kappa shape index (κ2) is 7.37. The topological polar surface area (TPSA) is 70.3 Å². The molecule has 4 nitrogen and oxygen atoms in total. The highest BCUT2D eigenvalue weighted by atomic mass is 16.1. The molecule has 0 saturated heterocycles. The first-order valence-electron chi connectivity index (χ1n) is 3.62. The van der Waals surface area contributed by atoms with Gasteiger partial charge in [-0.05, 0) is 17.7 Å². The molecule has 0 spiro atoms. The Labute approximate surface area is 81.1 Å². The highest BCUT2D eigenvalue weighted by Crippen LogP contribution is 2.12. The number of isocyanates is 2. The van der Waals surface area contributed by atoms with E-state index >= 15 is 0 Å². The number of hydrogen-bond acceptors (Lipinski definition) is 4. The van der Waals surface area contributed by atoms with Crippen molar-refractivity contribution in [2.45, 2.75) is 0 Å². The van der Waals surface area contributed by atoms with Crippen LogP contribution in [0.5, 0.6) is 0 Å². The van der Waals surface area contributed by atoms with Gasteiger partial charge in [0.1, 0.15) is 0 Å². The number of carbonyl (C=O) groups excluding carboxylic acids is 2. The van der Waals surface area contributed by atoms with Crippen LogP contribution in [0.1, 0.15) is 5.56 Å². The third kappa shape index (κ3) is 4.57. The van der Waals surface area contributed by atoms with Crippen LogP contribution in [-0.2, 0) is 9.59 Å². The van der Waals surface area contributed by atoms with Gasteiger partial charge in [-0.15, -0.1) is 0 Å². The monoisotopic (exact) mass is 188 g/mol. The molecule has 0 aliphatic rings. The summed E-state index contributed by atoms with van der Waals surface area (Å²) in [6.07, 6.45) is 3.95. The highest BCUT2D eigenvalue weighted by molar-refractivity contribution is 5.54. The molecule has 0 aromatic heterocycles. The maximum Gasteiger partial charge on any atom is 0.240 e. The van der Waals surface area contributed by atoms with E-state index in [-0.39, 0.29) is 0 Å². The van der Waals surface area contributed by atoms with Gasteiger partial charge in [-0.2, -0.15) is 4.99 Å². The van der Waals surface area contributed by atoms with Gasteiger partial charge < -0.3 is 0 Å². The van der Waals surface area contributed by atoms with Gasteiger partial charge in [0.15, 0.2) is 0 Å². The molecular weight excluding hydrogens is 180 g/mol. The molecule has 0 unspecified atom stereocenters. The average Bonchev–Trinajstić information content (AvgIpc) is 2.21. The molecule has 1 rings (SSSR count). The van der Waals surface area contributed by atoms with E-state index in [1.807, 2.05) is 12.1 Å². The van der Waals surface area contributed by atoms with Crippen molar-refractivity contribution >= 4 is 23.9 Å². The van der Waals surface area contributed by atoms with E-state index in [1.165, 1.54) is 6.08 Å². The zero-order chi connectivity index (χ0) is 10.8. The molecule has 0 atom stereocenters. The molecule has 70 valence electrons. The third-order valence-electron chi connectivity index (χ3n) is 1.30. The van der Waals surface area contributed by atoms with Crippen molar-refractivity contribution in [1.82, 2.24) is 0 Å². The van der Waals surface area contributed by atoms with Gasteiger partial charge in [-0.1, -0.05) is 24.8 Å². The number of rotatable bonds is 2. The van der Waals surface area contributed by atoms with Crippen LogP contribution in [0.15, 0.2) is 35.8 Å². The Bertz CT molecular complexity index is 370. The predicted molar refractivity (Wildman–Crippen MR) is 52.7 cm³/mol. The van der Waals surface area contributed by atoms with Gasteiger partial charge in [-0.3, -0.25) is 0 Å². The summed E-state index contributed by atoms with van der Waals surface area (Å²) < 4.78 is 0. The zero-order valence-corrected chi connectivity index (χ0v) is 7.36. The second-order valence-electron chi connectivity index (χ2n) is 2.10. The maximum atomic E-state index is 9.82. The third-order valence-corrected chi connectivity index (χ3v) is 1.30. The van der Waals surface area contributed by atoms with Crippen LogP contribution in [0.2, 0.25) is 0 Å². The second-order valence-corrected chi connectivity index (χ2v) is 2.10. The lowest BCUT2D eigenvalue weighted by Gasteiger charge is -1.91. The molecule has 0 amide bonds. The Balaban J connectivity index is 0.000000500. The molecule has 0 saturated carbocycles. The minimum Gasteiger partial charge on any atom is -0.222 e. The van der Waals surface area contributed by atoms with Gasteiger partial charge in [0.2, 0.25) is 12.2 Å². The van der Waals surface area contributed by atoms with Crippen LogP contribution < -0.4 is 0 Å². The average molecular weight is 188 g/mol. The predicted octanol–water partition coefficient (Wildman–Crippen LogP) is 2.20. The van der Waals surface area contributed by atoms with Gasteiger partial charge >= 0.3 is 0 Å². The van der Waals surface area contributed by atoms with Crippen LogP contribution in [0.4, 0.5) is 5.69 Å². The molecule has 1 aromatic rings. The molecule has 0 aliphatic carbocycles. The van der Waals surface area contributed by atoms with Crippen LogP contribution in [-0.4, -0.2) is 12.2 Å². The quantitative estimate of drug-likeness (QED) is 0.570. The molecule has 1 N–H and O–H groups in total. The summed E-state index contributed by atoms with van der Waals surface area (Å²) in [5.74, 6) is 0. The van der Waals surface area contributed by atoms with Crippen molar-refractivity contribution in [3.05, 3.63) is 36.4 Å². The fourth-order valence-electron chi connectivity index (χ4n) is 0.738. The SMILES string of the molecule is C=Cc1ccc(N=C=O)cc1.N=C=O. The Kier molecular flexibility index (Phi) is 6.17. The Morgan fingerprint density at radius 1 is 1.29 bits per heavy atom. The first-order chi connectivity index (χ1) is 6.78. The van der Waals surface area contributed by atoms with Crippen molar-refractivity contribution in [2.24, 2.45) is 4.99 Å². The molecule has 0 bridgehead atoms. The normalized spacial score (nSPS) is 7.14. The standard InChI is InChI=1S/C9H7NO.CHNO/c1-2-8-3-5-9(6-4-8)10-7-11;2-1-3/h2-6H,1H2;2H. The lowest BCUT2D eigenvalue weighted by Crippen LogP contribution is -1.68. The Morgan fingerprint density at radius 2 is 1.79 bits per heavy atom. The highest BCUT2D eigenvalue weighted by Gasteiger charge is 1.86. The number of aliphatic imine (C=N–C) groups is 1. The van der Waals surface area contributed by atoms with E-state index in [0.29, 0.717) is 5.69 Å². The summed E-state index contributed by atoms with van der Waals surface area (Å²) in [5, 5.41) is 5.40. The largest absolute Gasteiger partial charge is 0.240 e. The Morgan fingerprint density at radius 3 is 2.14 bits per heavy atom.